The second-order valence-electron chi connectivity index (χ2n) is 6.53. The van der Waals surface area contributed by atoms with Gasteiger partial charge in [-0.25, -0.2) is 9.78 Å². The minimum Gasteiger partial charge on any atom is -0.396 e. The molecule has 1 fully saturated rings. The number of aromatic nitrogens is 2. The molecule has 6 nitrogen and oxygen atoms in total. The van der Waals surface area contributed by atoms with Gasteiger partial charge in [0.25, 0.3) is 0 Å². The van der Waals surface area contributed by atoms with Gasteiger partial charge in [-0.3, -0.25) is 0 Å². The lowest BCUT2D eigenvalue weighted by atomic mass is 9.86. The molecule has 3 N–H and O–H groups in total. The summed E-state index contributed by atoms with van der Waals surface area (Å²) >= 11 is 0. The van der Waals surface area contributed by atoms with Crippen LogP contribution in [0.15, 0.2) is 12.4 Å². The normalized spacial score (nSPS) is 24.4. The Morgan fingerprint density at radius 1 is 1.55 bits per heavy atom. The lowest BCUT2D eigenvalue weighted by molar-refractivity contribution is 0.121. The van der Waals surface area contributed by atoms with Gasteiger partial charge in [0.05, 0.1) is 6.61 Å². The Morgan fingerprint density at radius 3 is 3.05 bits per heavy atom. The van der Waals surface area contributed by atoms with E-state index in [1.165, 1.54) is 0 Å². The molecule has 2 amide bonds. The number of aliphatic hydroxyl groups is 1. The van der Waals surface area contributed by atoms with Crippen molar-refractivity contribution in [3.05, 3.63) is 18.2 Å². The summed E-state index contributed by atoms with van der Waals surface area (Å²) in [6.45, 7) is 5.76. The molecule has 2 rings (SSSR count). The number of imidazole rings is 1. The van der Waals surface area contributed by atoms with Gasteiger partial charge in [0, 0.05) is 36.9 Å². The van der Waals surface area contributed by atoms with Crippen molar-refractivity contribution in [2.24, 2.45) is 5.41 Å². The number of nitrogens with one attached hydrogen (secondary N) is 2. The quantitative estimate of drug-likeness (QED) is 0.672. The molecule has 0 bridgehead atoms. The van der Waals surface area contributed by atoms with Gasteiger partial charge in [0.2, 0.25) is 0 Å². The standard InChI is InChI=1S/C16H28N4O2/c1-13-17-9-11-20(13)10-4-3-8-18-15(22)19-14-6-5-7-16(14,2)12-21/h9,11,14,21H,3-8,10,12H2,1-2H3,(H2,18,19,22). The largest absolute Gasteiger partial charge is 0.396 e. The third kappa shape index (κ3) is 4.22. The van der Waals surface area contributed by atoms with E-state index in [0.717, 1.165) is 44.5 Å². The first kappa shape index (κ1) is 16.8. The number of urea groups is 1. The van der Waals surface area contributed by atoms with Crippen LogP contribution in [0.1, 0.15) is 44.9 Å². The number of carbonyl (C=O) groups excluding carboxylic acids is 1. The number of aliphatic hydroxyl groups excluding tert-OH is 1. The van der Waals surface area contributed by atoms with Gasteiger partial charge in [0.15, 0.2) is 0 Å². The maximum absolute atomic E-state index is 11.9. The summed E-state index contributed by atoms with van der Waals surface area (Å²) in [7, 11) is 0. The lowest BCUT2D eigenvalue weighted by Crippen LogP contribution is -2.48. The number of nitrogens with zero attached hydrogens (tertiary/aromatic N) is 2. The number of unbranched alkanes of at least 4 members (excludes halogenated alkanes) is 1. The molecule has 0 saturated heterocycles. The minimum atomic E-state index is -0.170. The van der Waals surface area contributed by atoms with Crippen LogP contribution in [0.25, 0.3) is 0 Å². The Balaban J connectivity index is 1.61. The van der Waals surface area contributed by atoms with E-state index in [1.807, 2.05) is 20.0 Å². The van der Waals surface area contributed by atoms with Crippen LogP contribution in [0.2, 0.25) is 0 Å². The second-order valence-corrected chi connectivity index (χ2v) is 6.53. The fourth-order valence-electron chi connectivity index (χ4n) is 3.13. The van der Waals surface area contributed by atoms with Crippen molar-refractivity contribution in [3.8, 4) is 0 Å². The van der Waals surface area contributed by atoms with Gasteiger partial charge in [0.1, 0.15) is 5.82 Å². The van der Waals surface area contributed by atoms with Crippen LogP contribution in [0.3, 0.4) is 0 Å². The highest BCUT2D eigenvalue weighted by molar-refractivity contribution is 5.74. The zero-order valence-electron chi connectivity index (χ0n) is 13.6. The number of hydrogen-bond acceptors (Lipinski definition) is 3. The van der Waals surface area contributed by atoms with Gasteiger partial charge in [-0.05, 0) is 32.6 Å². The molecule has 1 aromatic rings. The van der Waals surface area contributed by atoms with E-state index in [0.29, 0.717) is 6.54 Å². The van der Waals surface area contributed by atoms with Gasteiger partial charge in [-0.15, -0.1) is 0 Å². The monoisotopic (exact) mass is 308 g/mol. The first-order chi connectivity index (χ1) is 10.5. The van der Waals surface area contributed by atoms with Crippen molar-refractivity contribution in [1.29, 1.82) is 0 Å². The highest BCUT2D eigenvalue weighted by atomic mass is 16.3. The number of amides is 2. The summed E-state index contributed by atoms with van der Waals surface area (Å²) in [5.41, 5.74) is -0.170. The molecule has 1 heterocycles. The van der Waals surface area contributed by atoms with Crippen molar-refractivity contribution in [2.45, 2.75) is 58.5 Å². The molecular formula is C16H28N4O2. The van der Waals surface area contributed by atoms with Gasteiger partial charge >= 0.3 is 6.03 Å². The van der Waals surface area contributed by atoms with Crippen LogP contribution in [0, 0.1) is 12.3 Å². The van der Waals surface area contributed by atoms with E-state index in [1.54, 1.807) is 6.20 Å². The van der Waals surface area contributed by atoms with E-state index >= 15 is 0 Å². The predicted molar refractivity (Wildman–Crippen MR) is 85.6 cm³/mol. The Bertz CT molecular complexity index is 488. The average Bonchev–Trinajstić information content (AvgIpc) is 3.06. The summed E-state index contributed by atoms with van der Waals surface area (Å²) in [4.78, 5) is 16.1. The lowest BCUT2D eigenvalue weighted by Gasteiger charge is -2.30. The molecule has 0 aromatic carbocycles. The van der Waals surface area contributed by atoms with Crippen molar-refractivity contribution in [1.82, 2.24) is 20.2 Å². The minimum absolute atomic E-state index is 0.0751. The Kier molecular flexibility index (Phi) is 5.83. The van der Waals surface area contributed by atoms with Crippen LogP contribution < -0.4 is 10.6 Å². The van der Waals surface area contributed by atoms with Gasteiger partial charge in [-0.1, -0.05) is 13.3 Å². The molecule has 0 radical (unpaired) electrons. The van der Waals surface area contributed by atoms with E-state index in [2.05, 4.69) is 20.2 Å². The number of carbonyl (C=O) groups is 1. The van der Waals surface area contributed by atoms with E-state index < -0.39 is 0 Å². The van der Waals surface area contributed by atoms with Crippen molar-refractivity contribution in [3.63, 3.8) is 0 Å². The molecule has 0 spiro atoms. The molecule has 1 aromatic heterocycles. The molecule has 6 heteroatoms. The molecule has 2 unspecified atom stereocenters. The van der Waals surface area contributed by atoms with Crippen molar-refractivity contribution >= 4 is 6.03 Å². The van der Waals surface area contributed by atoms with Crippen LogP contribution in [-0.4, -0.2) is 39.9 Å². The van der Waals surface area contributed by atoms with Gasteiger partial charge < -0.3 is 20.3 Å². The highest BCUT2D eigenvalue weighted by Crippen LogP contribution is 2.37. The molecular weight excluding hydrogens is 280 g/mol. The van der Waals surface area contributed by atoms with E-state index in [4.69, 9.17) is 0 Å². The van der Waals surface area contributed by atoms with Crippen LogP contribution >= 0.6 is 0 Å². The third-order valence-electron chi connectivity index (χ3n) is 4.78. The third-order valence-corrected chi connectivity index (χ3v) is 4.78. The molecule has 22 heavy (non-hydrogen) atoms. The Hall–Kier alpha value is -1.56. The molecule has 1 aliphatic rings. The molecule has 1 saturated carbocycles. The predicted octanol–water partition coefficient (Wildman–Crippen LogP) is 1.82. The molecule has 124 valence electrons. The summed E-state index contributed by atoms with van der Waals surface area (Å²) in [6, 6.07) is -0.0449. The highest BCUT2D eigenvalue weighted by Gasteiger charge is 2.38. The number of rotatable bonds is 7. The topological polar surface area (TPSA) is 79.2 Å². The first-order valence-corrected chi connectivity index (χ1v) is 8.18. The zero-order chi connectivity index (χ0) is 16.0. The van der Waals surface area contributed by atoms with E-state index in [9.17, 15) is 9.90 Å². The summed E-state index contributed by atoms with van der Waals surface area (Å²) in [6.07, 6.45) is 8.71. The maximum Gasteiger partial charge on any atom is 0.315 e. The SMILES string of the molecule is Cc1nccn1CCCCNC(=O)NC1CCCC1(C)CO. The van der Waals surface area contributed by atoms with Crippen molar-refractivity contribution < 1.29 is 9.90 Å². The maximum atomic E-state index is 11.9. The van der Waals surface area contributed by atoms with Crippen molar-refractivity contribution in [2.75, 3.05) is 13.2 Å². The summed E-state index contributed by atoms with van der Waals surface area (Å²) < 4.78 is 2.12. The zero-order valence-corrected chi connectivity index (χ0v) is 13.6. The fourth-order valence-corrected chi connectivity index (χ4v) is 3.13. The van der Waals surface area contributed by atoms with Crippen LogP contribution in [0.4, 0.5) is 4.79 Å². The molecule has 0 aliphatic heterocycles. The molecule has 1 aliphatic carbocycles. The smallest absolute Gasteiger partial charge is 0.315 e. The van der Waals surface area contributed by atoms with Crippen LogP contribution in [0.5, 0.6) is 0 Å². The summed E-state index contributed by atoms with van der Waals surface area (Å²) in [5, 5.41) is 15.4. The Morgan fingerprint density at radius 2 is 2.36 bits per heavy atom. The second kappa shape index (κ2) is 7.63. The first-order valence-electron chi connectivity index (χ1n) is 8.18. The summed E-state index contributed by atoms with van der Waals surface area (Å²) in [5.74, 6) is 1.02. The van der Waals surface area contributed by atoms with Gasteiger partial charge in [-0.2, -0.15) is 0 Å². The number of hydrogen-bond donors (Lipinski definition) is 3. The average molecular weight is 308 g/mol. The Labute approximate surface area is 132 Å². The van der Waals surface area contributed by atoms with E-state index in [-0.39, 0.29) is 24.1 Å². The number of aryl methyl sites for hydroxylation is 2. The van der Waals surface area contributed by atoms with Crippen LogP contribution in [-0.2, 0) is 6.54 Å². The molecule has 2 atom stereocenters. The fraction of sp³-hybridized carbons (Fsp3) is 0.750.